The van der Waals surface area contributed by atoms with Crippen LogP contribution in [0.15, 0.2) is 70.1 Å². The van der Waals surface area contributed by atoms with Crippen LogP contribution in [0.4, 0.5) is 5.69 Å². The molecule has 0 radical (unpaired) electrons. The van der Waals surface area contributed by atoms with Gasteiger partial charge in [0.15, 0.2) is 0 Å². The van der Waals surface area contributed by atoms with E-state index in [9.17, 15) is 0 Å². The Balaban J connectivity index is 1.75. The zero-order valence-electron chi connectivity index (χ0n) is 18.7. The molecule has 162 valence electrons. The lowest BCUT2D eigenvalue weighted by Gasteiger charge is -2.19. The SMILES string of the molecule is CCN(C)/C=N/c1cc(Br)c(OC(C)c2ccccc2CCc2ccccc2)nc1C. The summed E-state index contributed by atoms with van der Waals surface area (Å²) in [7, 11) is 2.00. The Morgan fingerprint density at radius 2 is 1.81 bits per heavy atom. The third kappa shape index (κ3) is 6.41. The quantitative estimate of drug-likeness (QED) is 0.253. The minimum absolute atomic E-state index is 0.115. The van der Waals surface area contributed by atoms with Gasteiger partial charge in [0.2, 0.25) is 5.88 Å². The van der Waals surface area contributed by atoms with E-state index in [1.807, 2.05) is 31.3 Å². The van der Waals surface area contributed by atoms with Crippen LogP contribution in [0, 0.1) is 6.92 Å². The largest absolute Gasteiger partial charge is 0.469 e. The fourth-order valence-electron chi connectivity index (χ4n) is 3.32. The molecule has 0 aliphatic rings. The predicted molar refractivity (Wildman–Crippen MR) is 132 cm³/mol. The van der Waals surface area contributed by atoms with Crippen molar-refractivity contribution in [2.24, 2.45) is 4.99 Å². The summed E-state index contributed by atoms with van der Waals surface area (Å²) in [6.45, 7) is 7.02. The molecular formula is C26H30BrN3O. The molecule has 31 heavy (non-hydrogen) atoms. The minimum atomic E-state index is -0.115. The highest BCUT2D eigenvalue weighted by Gasteiger charge is 2.16. The van der Waals surface area contributed by atoms with Crippen molar-refractivity contribution in [3.05, 3.63) is 87.5 Å². The molecule has 1 heterocycles. The number of hydrogen-bond acceptors (Lipinski definition) is 3. The maximum absolute atomic E-state index is 6.29. The fraction of sp³-hybridized carbons (Fsp3) is 0.308. The van der Waals surface area contributed by atoms with Gasteiger partial charge in [0.25, 0.3) is 0 Å². The summed E-state index contributed by atoms with van der Waals surface area (Å²) in [6, 6.07) is 21.0. The highest BCUT2D eigenvalue weighted by atomic mass is 79.9. The lowest BCUT2D eigenvalue weighted by molar-refractivity contribution is 0.214. The number of ether oxygens (including phenoxy) is 1. The van der Waals surface area contributed by atoms with Gasteiger partial charge in [0.1, 0.15) is 6.10 Å². The zero-order chi connectivity index (χ0) is 22.2. The van der Waals surface area contributed by atoms with E-state index < -0.39 is 0 Å². The zero-order valence-corrected chi connectivity index (χ0v) is 20.3. The molecule has 1 unspecified atom stereocenters. The standard InChI is InChI=1S/C26H30BrN3O/c1-5-30(4)18-28-25-17-24(27)26(29-19(25)2)31-20(3)23-14-10-9-13-22(23)16-15-21-11-7-6-8-12-21/h6-14,17-18,20H,5,15-16H2,1-4H3/b28-18+. The van der Waals surface area contributed by atoms with Crippen molar-refractivity contribution in [3.8, 4) is 5.88 Å². The van der Waals surface area contributed by atoms with Crippen LogP contribution in [0.3, 0.4) is 0 Å². The number of aliphatic imine (C=N–C) groups is 1. The van der Waals surface area contributed by atoms with Gasteiger partial charge in [-0.25, -0.2) is 9.98 Å². The van der Waals surface area contributed by atoms with Crippen LogP contribution in [-0.4, -0.2) is 29.8 Å². The van der Waals surface area contributed by atoms with Gasteiger partial charge in [0, 0.05) is 13.6 Å². The summed E-state index contributed by atoms with van der Waals surface area (Å²) in [4.78, 5) is 11.2. The van der Waals surface area contributed by atoms with Crippen LogP contribution >= 0.6 is 15.9 Å². The van der Waals surface area contributed by atoms with Gasteiger partial charge in [0.05, 0.1) is 22.2 Å². The van der Waals surface area contributed by atoms with E-state index in [2.05, 4.69) is 94.4 Å². The molecule has 2 aromatic carbocycles. The summed E-state index contributed by atoms with van der Waals surface area (Å²) in [5, 5.41) is 0. The van der Waals surface area contributed by atoms with Crippen molar-refractivity contribution in [2.45, 2.75) is 39.7 Å². The molecule has 0 N–H and O–H groups in total. The third-order valence-electron chi connectivity index (χ3n) is 5.31. The van der Waals surface area contributed by atoms with Crippen LogP contribution in [-0.2, 0) is 12.8 Å². The molecule has 1 atom stereocenters. The molecule has 3 rings (SSSR count). The first kappa shape index (κ1) is 23.0. The van der Waals surface area contributed by atoms with Gasteiger partial charge in [-0.05, 0) is 72.3 Å². The number of hydrogen-bond donors (Lipinski definition) is 0. The van der Waals surface area contributed by atoms with Crippen molar-refractivity contribution in [2.75, 3.05) is 13.6 Å². The lowest BCUT2D eigenvalue weighted by Crippen LogP contribution is -2.14. The maximum Gasteiger partial charge on any atom is 0.228 e. The molecule has 0 amide bonds. The minimum Gasteiger partial charge on any atom is -0.469 e. The lowest BCUT2D eigenvalue weighted by atomic mass is 9.97. The van der Waals surface area contributed by atoms with Crippen molar-refractivity contribution >= 4 is 28.0 Å². The first-order valence-corrected chi connectivity index (χ1v) is 11.5. The average Bonchev–Trinajstić information content (AvgIpc) is 2.79. The smallest absolute Gasteiger partial charge is 0.228 e. The van der Waals surface area contributed by atoms with Crippen molar-refractivity contribution in [3.63, 3.8) is 0 Å². The van der Waals surface area contributed by atoms with Crippen LogP contribution in [0.2, 0.25) is 0 Å². The predicted octanol–water partition coefficient (Wildman–Crippen LogP) is 6.69. The summed E-state index contributed by atoms with van der Waals surface area (Å²) in [5.41, 5.74) is 5.50. The Labute approximate surface area is 194 Å². The van der Waals surface area contributed by atoms with E-state index in [4.69, 9.17) is 4.74 Å². The second-order valence-electron chi connectivity index (χ2n) is 7.64. The van der Waals surface area contributed by atoms with Gasteiger partial charge < -0.3 is 9.64 Å². The topological polar surface area (TPSA) is 37.7 Å². The number of nitrogens with zero attached hydrogens (tertiary/aromatic N) is 3. The van der Waals surface area contributed by atoms with E-state index in [0.29, 0.717) is 5.88 Å². The molecule has 5 heteroatoms. The molecule has 0 fully saturated rings. The maximum atomic E-state index is 6.29. The second kappa shape index (κ2) is 11.1. The van der Waals surface area contributed by atoms with Crippen molar-refractivity contribution in [1.82, 2.24) is 9.88 Å². The van der Waals surface area contributed by atoms with Crippen molar-refractivity contribution < 1.29 is 4.74 Å². The van der Waals surface area contributed by atoms with Gasteiger partial charge in [-0.15, -0.1) is 0 Å². The van der Waals surface area contributed by atoms with E-state index in [0.717, 1.165) is 35.2 Å². The molecular weight excluding hydrogens is 450 g/mol. The van der Waals surface area contributed by atoms with E-state index in [-0.39, 0.29) is 6.10 Å². The van der Waals surface area contributed by atoms with Crippen LogP contribution < -0.4 is 4.74 Å². The Kier molecular flexibility index (Phi) is 8.24. The number of benzene rings is 2. The first-order valence-electron chi connectivity index (χ1n) is 10.7. The van der Waals surface area contributed by atoms with E-state index >= 15 is 0 Å². The van der Waals surface area contributed by atoms with Crippen LogP contribution in [0.25, 0.3) is 0 Å². The van der Waals surface area contributed by atoms with Crippen molar-refractivity contribution in [1.29, 1.82) is 0 Å². The number of halogens is 1. The molecule has 0 saturated heterocycles. The normalized spacial score (nSPS) is 12.2. The van der Waals surface area contributed by atoms with Gasteiger partial charge in [-0.3, -0.25) is 0 Å². The molecule has 0 spiro atoms. The Hall–Kier alpha value is -2.66. The van der Waals surface area contributed by atoms with Crippen LogP contribution in [0.5, 0.6) is 5.88 Å². The molecule has 0 aliphatic heterocycles. The summed E-state index contributed by atoms with van der Waals surface area (Å²) in [5.74, 6) is 0.589. The van der Waals surface area contributed by atoms with Gasteiger partial charge in [-0.1, -0.05) is 54.6 Å². The Morgan fingerprint density at radius 1 is 1.10 bits per heavy atom. The monoisotopic (exact) mass is 479 g/mol. The van der Waals surface area contributed by atoms with Gasteiger partial charge in [-0.2, -0.15) is 0 Å². The highest BCUT2D eigenvalue weighted by Crippen LogP contribution is 2.33. The molecule has 0 saturated carbocycles. The Morgan fingerprint density at radius 3 is 2.55 bits per heavy atom. The fourth-order valence-corrected chi connectivity index (χ4v) is 3.72. The highest BCUT2D eigenvalue weighted by molar-refractivity contribution is 9.10. The summed E-state index contributed by atoms with van der Waals surface area (Å²) < 4.78 is 7.09. The third-order valence-corrected chi connectivity index (χ3v) is 5.88. The number of rotatable bonds is 9. The molecule has 0 aliphatic carbocycles. The van der Waals surface area contributed by atoms with E-state index in [1.54, 1.807) is 0 Å². The summed E-state index contributed by atoms with van der Waals surface area (Å²) >= 11 is 3.61. The number of pyridine rings is 1. The molecule has 1 aromatic heterocycles. The number of aryl methyl sites for hydroxylation is 3. The molecule has 0 bridgehead atoms. The Bertz CT molecular complexity index is 1020. The average molecular weight is 480 g/mol. The number of aromatic nitrogens is 1. The second-order valence-corrected chi connectivity index (χ2v) is 8.50. The first-order chi connectivity index (χ1) is 15.0. The summed E-state index contributed by atoms with van der Waals surface area (Å²) in [6.07, 6.45) is 3.68. The molecule has 3 aromatic rings. The van der Waals surface area contributed by atoms with E-state index in [1.165, 1.54) is 16.7 Å². The van der Waals surface area contributed by atoms with Crippen LogP contribution in [0.1, 0.15) is 42.3 Å². The molecule has 4 nitrogen and oxygen atoms in total. The van der Waals surface area contributed by atoms with Gasteiger partial charge >= 0.3 is 0 Å².